The molecule has 2 fully saturated rings. The molecular formula is C28H35F3O2. The van der Waals surface area contributed by atoms with E-state index in [1.807, 2.05) is 18.2 Å². The molecule has 0 heterocycles. The van der Waals surface area contributed by atoms with Crippen LogP contribution in [0.15, 0.2) is 53.6 Å². The van der Waals surface area contributed by atoms with Crippen molar-refractivity contribution >= 4 is 0 Å². The second-order valence-corrected chi connectivity index (χ2v) is 9.71. The van der Waals surface area contributed by atoms with E-state index in [0.717, 1.165) is 56.9 Å². The SMILES string of the molecule is COc1ccc(C2CCC(/C=C/C3=CC=C(C4CCC(OC)CC4)C(F)C3F)CC2)cc1F. The van der Waals surface area contributed by atoms with Crippen molar-refractivity contribution in [2.24, 2.45) is 11.8 Å². The van der Waals surface area contributed by atoms with E-state index >= 15 is 0 Å². The maximum atomic E-state index is 15.0. The van der Waals surface area contributed by atoms with E-state index in [1.54, 1.807) is 31.4 Å². The molecule has 3 aliphatic carbocycles. The van der Waals surface area contributed by atoms with E-state index in [-0.39, 0.29) is 23.6 Å². The number of methoxy groups -OCH3 is 2. The van der Waals surface area contributed by atoms with Crippen LogP contribution in [0.2, 0.25) is 0 Å². The van der Waals surface area contributed by atoms with Crippen LogP contribution < -0.4 is 4.74 Å². The largest absolute Gasteiger partial charge is 0.494 e. The first-order valence-electron chi connectivity index (χ1n) is 12.2. The van der Waals surface area contributed by atoms with Crippen molar-refractivity contribution in [3.05, 3.63) is 65.0 Å². The van der Waals surface area contributed by atoms with Gasteiger partial charge in [0.2, 0.25) is 0 Å². The summed E-state index contributed by atoms with van der Waals surface area (Å²) in [6, 6.07) is 5.20. The van der Waals surface area contributed by atoms with Crippen molar-refractivity contribution < 1.29 is 22.6 Å². The lowest BCUT2D eigenvalue weighted by Crippen LogP contribution is -2.31. The minimum atomic E-state index is -1.60. The number of halogens is 3. The van der Waals surface area contributed by atoms with Gasteiger partial charge in [-0.2, -0.15) is 0 Å². The molecule has 0 aliphatic heterocycles. The van der Waals surface area contributed by atoms with Crippen LogP contribution >= 0.6 is 0 Å². The van der Waals surface area contributed by atoms with Crippen LogP contribution in [-0.2, 0) is 4.74 Å². The van der Waals surface area contributed by atoms with Gasteiger partial charge < -0.3 is 9.47 Å². The molecule has 1 aromatic carbocycles. The molecule has 2 unspecified atom stereocenters. The third-order valence-electron chi connectivity index (χ3n) is 7.82. The lowest BCUT2D eigenvalue weighted by atomic mass is 9.77. The lowest BCUT2D eigenvalue weighted by molar-refractivity contribution is 0.0583. The van der Waals surface area contributed by atoms with Crippen LogP contribution in [0.1, 0.15) is 62.8 Å². The molecule has 0 bridgehead atoms. The summed E-state index contributed by atoms with van der Waals surface area (Å²) in [4.78, 5) is 0. The summed E-state index contributed by atoms with van der Waals surface area (Å²) >= 11 is 0. The van der Waals surface area contributed by atoms with Crippen molar-refractivity contribution in [3.8, 4) is 5.75 Å². The van der Waals surface area contributed by atoms with Crippen molar-refractivity contribution in [3.63, 3.8) is 0 Å². The van der Waals surface area contributed by atoms with Crippen LogP contribution in [0.25, 0.3) is 0 Å². The van der Waals surface area contributed by atoms with E-state index in [1.165, 1.54) is 7.11 Å². The molecule has 4 rings (SSSR count). The summed E-state index contributed by atoms with van der Waals surface area (Å²) in [6.07, 6.45) is 11.9. The molecule has 3 aliphatic rings. The van der Waals surface area contributed by atoms with E-state index in [0.29, 0.717) is 23.0 Å². The minimum absolute atomic E-state index is 0.115. The predicted molar refractivity (Wildman–Crippen MR) is 126 cm³/mol. The highest BCUT2D eigenvalue weighted by molar-refractivity contribution is 5.39. The zero-order valence-electron chi connectivity index (χ0n) is 19.6. The highest BCUT2D eigenvalue weighted by Gasteiger charge is 2.35. The smallest absolute Gasteiger partial charge is 0.165 e. The van der Waals surface area contributed by atoms with Gasteiger partial charge in [-0.1, -0.05) is 30.4 Å². The van der Waals surface area contributed by atoms with Crippen LogP contribution in [0.4, 0.5) is 13.2 Å². The van der Waals surface area contributed by atoms with Gasteiger partial charge in [0.25, 0.3) is 0 Å². The van der Waals surface area contributed by atoms with Gasteiger partial charge in [-0.05, 0) is 98.0 Å². The zero-order chi connectivity index (χ0) is 23.4. The predicted octanol–water partition coefficient (Wildman–Crippen LogP) is 7.41. The van der Waals surface area contributed by atoms with Crippen molar-refractivity contribution in [1.82, 2.24) is 0 Å². The molecule has 0 spiro atoms. The van der Waals surface area contributed by atoms with Gasteiger partial charge in [0.1, 0.15) is 0 Å². The van der Waals surface area contributed by atoms with E-state index in [4.69, 9.17) is 9.47 Å². The number of ether oxygens (including phenoxy) is 2. The van der Waals surface area contributed by atoms with Gasteiger partial charge in [-0.15, -0.1) is 0 Å². The van der Waals surface area contributed by atoms with Crippen LogP contribution in [0.5, 0.6) is 5.75 Å². The van der Waals surface area contributed by atoms with Crippen molar-refractivity contribution in [1.29, 1.82) is 0 Å². The first kappa shape index (κ1) is 24.1. The van der Waals surface area contributed by atoms with Gasteiger partial charge in [-0.3, -0.25) is 0 Å². The normalized spacial score (nSPS) is 33.0. The Morgan fingerprint density at radius 3 is 2.18 bits per heavy atom. The lowest BCUT2D eigenvalue weighted by Gasteiger charge is -2.33. The minimum Gasteiger partial charge on any atom is -0.494 e. The number of benzene rings is 1. The Morgan fingerprint density at radius 2 is 1.55 bits per heavy atom. The number of alkyl halides is 2. The summed E-state index contributed by atoms with van der Waals surface area (Å²) in [5.74, 6) is 0.722. The van der Waals surface area contributed by atoms with Gasteiger partial charge in [-0.25, -0.2) is 13.2 Å². The maximum Gasteiger partial charge on any atom is 0.165 e. The third-order valence-corrected chi connectivity index (χ3v) is 7.82. The molecule has 2 saturated carbocycles. The fourth-order valence-electron chi connectivity index (χ4n) is 5.68. The average Bonchev–Trinajstić information content (AvgIpc) is 2.85. The molecular weight excluding hydrogens is 425 g/mol. The van der Waals surface area contributed by atoms with Crippen LogP contribution in [-0.4, -0.2) is 32.7 Å². The number of allylic oxidation sites excluding steroid dienone is 6. The molecule has 0 radical (unpaired) electrons. The monoisotopic (exact) mass is 460 g/mol. The second-order valence-electron chi connectivity index (χ2n) is 9.71. The topological polar surface area (TPSA) is 18.5 Å². The Bertz CT molecular complexity index is 890. The highest BCUT2D eigenvalue weighted by atomic mass is 19.2. The summed E-state index contributed by atoms with van der Waals surface area (Å²) in [5, 5.41) is 0. The quantitative estimate of drug-likeness (QED) is 0.440. The summed E-state index contributed by atoms with van der Waals surface area (Å²) in [7, 11) is 3.18. The molecule has 0 aromatic heterocycles. The van der Waals surface area contributed by atoms with E-state index in [2.05, 4.69) is 0 Å². The fourth-order valence-corrected chi connectivity index (χ4v) is 5.68. The Labute approximate surface area is 195 Å². The van der Waals surface area contributed by atoms with Crippen molar-refractivity contribution in [2.75, 3.05) is 14.2 Å². The Kier molecular flexibility index (Phi) is 8.00. The van der Waals surface area contributed by atoms with Gasteiger partial charge >= 0.3 is 0 Å². The molecule has 0 amide bonds. The zero-order valence-corrected chi connectivity index (χ0v) is 19.6. The van der Waals surface area contributed by atoms with Gasteiger partial charge in [0, 0.05) is 7.11 Å². The second kappa shape index (κ2) is 10.9. The number of hydrogen-bond donors (Lipinski definition) is 0. The molecule has 33 heavy (non-hydrogen) atoms. The van der Waals surface area contributed by atoms with Crippen LogP contribution in [0.3, 0.4) is 0 Å². The van der Waals surface area contributed by atoms with E-state index < -0.39 is 12.3 Å². The first-order chi connectivity index (χ1) is 16.0. The fraction of sp³-hybridized carbons (Fsp3) is 0.571. The first-order valence-corrected chi connectivity index (χ1v) is 12.2. The molecule has 180 valence electrons. The Balaban J connectivity index is 1.33. The standard InChI is InChI=1S/C28H35F3O2/c1-32-23-13-9-20(10-14-23)24-15-11-21(27(30)28(24)31)8-5-18-3-6-19(7-4-18)22-12-16-26(33-2)25(29)17-22/h5,8,11-12,15-20,23,27-28H,3-4,6-7,9-10,13-14H2,1-2H3/b8-5+. The highest BCUT2D eigenvalue weighted by Crippen LogP contribution is 2.40. The molecule has 1 aromatic rings. The molecule has 2 atom stereocenters. The summed E-state index contributed by atoms with van der Waals surface area (Å²) in [6.45, 7) is 0. The molecule has 0 saturated heterocycles. The number of hydrogen-bond acceptors (Lipinski definition) is 2. The summed E-state index contributed by atoms with van der Waals surface area (Å²) in [5.41, 5.74) is 2.05. The van der Waals surface area contributed by atoms with E-state index in [9.17, 15) is 13.2 Å². The molecule has 0 N–H and O–H groups in total. The van der Waals surface area contributed by atoms with Gasteiger partial charge in [0.15, 0.2) is 23.9 Å². The van der Waals surface area contributed by atoms with Gasteiger partial charge in [0.05, 0.1) is 13.2 Å². The third kappa shape index (κ3) is 5.56. The molecule has 2 nitrogen and oxygen atoms in total. The maximum absolute atomic E-state index is 15.0. The Morgan fingerprint density at radius 1 is 0.848 bits per heavy atom. The van der Waals surface area contributed by atoms with Crippen molar-refractivity contribution in [2.45, 2.75) is 75.7 Å². The average molecular weight is 461 g/mol. The Hall–Kier alpha value is -2.01. The number of rotatable bonds is 6. The molecule has 5 heteroatoms. The summed E-state index contributed by atoms with van der Waals surface area (Å²) < 4.78 is 54.3. The van der Waals surface area contributed by atoms with Crippen LogP contribution in [0, 0.1) is 17.7 Å².